The Kier molecular flexibility index (Phi) is 20.8. The third-order valence-corrected chi connectivity index (χ3v) is 12.1. The first-order valence-electron chi connectivity index (χ1n) is 23.3. The number of hydrogen-bond donors (Lipinski definition) is 4. The molecule has 350 valence electrons. The molecule has 0 saturated carbocycles. The molecule has 4 aliphatic rings. The summed E-state index contributed by atoms with van der Waals surface area (Å²) >= 11 is 0. The van der Waals surface area contributed by atoms with Gasteiger partial charge in [-0.05, 0) is 37.5 Å². The van der Waals surface area contributed by atoms with E-state index >= 15 is 0 Å². The first-order chi connectivity index (χ1) is 31.4. The van der Waals surface area contributed by atoms with Crippen LogP contribution in [0.15, 0.2) is 60.7 Å². The number of amides is 2. The minimum absolute atomic E-state index is 0.149. The molecule has 14 nitrogen and oxygen atoms in total. The molecular weight excluding hydrogens is 821 g/mol. The van der Waals surface area contributed by atoms with E-state index in [0.717, 1.165) is 101 Å². The monoisotopic (exact) mass is 888 g/mol. The molecule has 14 heteroatoms. The number of ether oxygens (including phenoxy) is 8. The van der Waals surface area contributed by atoms with Gasteiger partial charge in [0.1, 0.15) is 48.7 Å². The molecule has 4 N–H and O–H groups in total. The summed E-state index contributed by atoms with van der Waals surface area (Å²) in [6, 6.07) is 17.6. The lowest BCUT2D eigenvalue weighted by Crippen LogP contribution is -2.66. The topological polar surface area (TPSA) is 172 Å². The summed E-state index contributed by atoms with van der Waals surface area (Å²) in [5.41, 5.74) is 1.71. The van der Waals surface area contributed by atoms with Crippen molar-refractivity contribution in [3.05, 3.63) is 71.8 Å². The summed E-state index contributed by atoms with van der Waals surface area (Å²) in [6.45, 7) is 0.490. The van der Waals surface area contributed by atoms with Gasteiger partial charge in [-0.1, -0.05) is 124 Å². The Morgan fingerprint density at radius 2 is 0.938 bits per heavy atom. The molecule has 64 heavy (non-hydrogen) atoms. The SMILES string of the molecule is CO[C@H]1O[C@@H]2COC(c3ccccc3)O[C@H]2[C@H](O)[C@H]1NC(=O)CCCCCCCCC#CC#CCCCCCCCCC(=O)N[C@H]1[C@@H](OC)O[C@@H]2COC(c3ccccc3)O[C@H]2[C@@H]1O. The van der Waals surface area contributed by atoms with Crippen molar-refractivity contribution in [2.45, 2.75) is 177 Å². The van der Waals surface area contributed by atoms with Crippen LogP contribution in [0.5, 0.6) is 0 Å². The third kappa shape index (κ3) is 14.8. The molecule has 2 unspecified atom stereocenters. The van der Waals surface area contributed by atoms with Crippen molar-refractivity contribution in [3.8, 4) is 23.7 Å². The van der Waals surface area contributed by atoms with Crippen LogP contribution < -0.4 is 10.6 Å². The summed E-state index contributed by atoms with van der Waals surface area (Å²) in [7, 11) is 2.99. The standard InChI is InChI=1S/C50H68N2O12/c1-57-49-41(43(55)45-37(61-49)33-59-47(63-45)35-27-21-19-22-28-35)51-39(53)31-25-17-15-13-11-9-7-5-3-4-6-8-10-12-14-16-18-26-32-40(54)52-42-44(56)46-38(62-50(42)58-2)34-60-48(64-46)36-29-23-20-24-30-36/h19-24,27-30,37-38,41-50,55-56H,7-18,25-26,31-34H2,1-2H3,(H,51,53)(H,52,54)/t37-,38-,41-,42-,43-,44-,45-,46-,47?,48?,49+,50+/m1/s1. The number of aliphatic hydroxyl groups excluding tert-OH is 2. The van der Waals surface area contributed by atoms with Gasteiger partial charge in [0.05, 0.1) is 13.2 Å². The van der Waals surface area contributed by atoms with Crippen molar-refractivity contribution < 1.29 is 57.7 Å². The highest BCUT2D eigenvalue weighted by Gasteiger charge is 2.51. The molecule has 2 aromatic rings. The first-order valence-corrected chi connectivity index (χ1v) is 23.3. The van der Waals surface area contributed by atoms with E-state index in [1.165, 1.54) is 14.2 Å². The average molecular weight is 889 g/mol. The van der Waals surface area contributed by atoms with Crippen LogP contribution in [0.4, 0.5) is 0 Å². The molecule has 4 saturated heterocycles. The molecule has 0 radical (unpaired) electrons. The van der Waals surface area contributed by atoms with Gasteiger partial charge in [-0.15, -0.1) is 0 Å². The van der Waals surface area contributed by atoms with Crippen LogP contribution in [-0.2, 0) is 47.5 Å². The van der Waals surface area contributed by atoms with Crippen molar-refractivity contribution >= 4 is 11.8 Å². The third-order valence-electron chi connectivity index (χ3n) is 12.1. The zero-order chi connectivity index (χ0) is 44.9. The van der Waals surface area contributed by atoms with Crippen LogP contribution in [0.2, 0.25) is 0 Å². The van der Waals surface area contributed by atoms with Crippen molar-refractivity contribution in [1.29, 1.82) is 0 Å². The highest BCUT2D eigenvalue weighted by atomic mass is 16.8. The number of benzene rings is 2. The summed E-state index contributed by atoms with van der Waals surface area (Å²) in [6.07, 6.45) is 7.09. The minimum atomic E-state index is -1.01. The van der Waals surface area contributed by atoms with E-state index < -0.39 is 73.9 Å². The second kappa shape index (κ2) is 26.9. The fourth-order valence-corrected chi connectivity index (χ4v) is 8.59. The number of fused-ring (bicyclic) bond motifs is 2. The zero-order valence-electron chi connectivity index (χ0n) is 37.4. The van der Waals surface area contributed by atoms with Crippen LogP contribution in [-0.4, -0.2) is 111 Å². The molecule has 4 heterocycles. The van der Waals surface area contributed by atoms with E-state index in [4.69, 9.17) is 37.9 Å². The Balaban J connectivity index is 0.734. The molecule has 2 amide bonds. The van der Waals surface area contributed by atoms with E-state index in [9.17, 15) is 19.8 Å². The number of methoxy groups -OCH3 is 2. The molecule has 4 aliphatic heterocycles. The van der Waals surface area contributed by atoms with Crippen LogP contribution in [0.1, 0.15) is 126 Å². The molecule has 0 aromatic heterocycles. The predicted octanol–water partition coefficient (Wildman–Crippen LogP) is 5.90. The summed E-state index contributed by atoms with van der Waals surface area (Å²) in [5, 5.41) is 28.3. The molecule has 2 aromatic carbocycles. The number of nitrogens with one attached hydrogen (secondary N) is 2. The maximum Gasteiger partial charge on any atom is 0.220 e. The van der Waals surface area contributed by atoms with Gasteiger partial charge in [0.15, 0.2) is 25.2 Å². The van der Waals surface area contributed by atoms with Gasteiger partial charge in [-0.25, -0.2) is 0 Å². The van der Waals surface area contributed by atoms with Crippen LogP contribution >= 0.6 is 0 Å². The molecule has 12 atom stereocenters. The second-order valence-corrected chi connectivity index (χ2v) is 16.9. The normalized spacial score (nSPS) is 29.8. The molecule has 0 aliphatic carbocycles. The van der Waals surface area contributed by atoms with Crippen molar-refractivity contribution in [2.75, 3.05) is 27.4 Å². The number of aliphatic hydroxyl groups is 2. The lowest BCUT2D eigenvalue weighted by Gasteiger charge is -2.47. The number of carbonyl (C=O) groups is 2. The summed E-state index contributed by atoms with van der Waals surface area (Å²) in [4.78, 5) is 25.7. The van der Waals surface area contributed by atoms with E-state index in [1.54, 1.807) is 0 Å². The van der Waals surface area contributed by atoms with Crippen molar-refractivity contribution in [1.82, 2.24) is 10.6 Å². The molecule has 4 fully saturated rings. The first kappa shape index (κ1) is 49.5. The van der Waals surface area contributed by atoms with Gasteiger partial charge in [-0.2, -0.15) is 0 Å². The Bertz CT molecular complexity index is 1680. The van der Waals surface area contributed by atoms with E-state index in [1.807, 2.05) is 60.7 Å². The van der Waals surface area contributed by atoms with Gasteiger partial charge in [-0.3, -0.25) is 9.59 Å². The van der Waals surface area contributed by atoms with E-state index in [-0.39, 0.29) is 25.0 Å². The van der Waals surface area contributed by atoms with Crippen molar-refractivity contribution in [3.63, 3.8) is 0 Å². The average Bonchev–Trinajstić information content (AvgIpc) is 3.32. The maximum absolute atomic E-state index is 12.8. The van der Waals surface area contributed by atoms with Gasteiger partial charge in [0, 0.05) is 51.0 Å². The van der Waals surface area contributed by atoms with Crippen LogP contribution in [0.25, 0.3) is 0 Å². The van der Waals surface area contributed by atoms with Crippen LogP contribution in [0.3, 0.4) is 0 Å². The number of hydrogen-bond acceptors (Lipinski definition) is 12. The maximum atomic E-state index is 12.8. The van der Waals surface area contributed by atoms with Crippen LogP contribution in [0, 0.1) is 23.7 Å². The second-order valence-electron chi connectivity index (χ2n) is 16.9. The quantitative estimate of drug-likeness (QED) is 0.0817. The lowest BCUT2D eigenvalue weighted by atomic mass is 9.95. The fourth-order valence-electron chi connectivity index (χ4n) is 8.59. The highest BCUT2D eigenvalue weighted by Crippen LogP contribution is 2.36. The number of carbonyl (C=O) groups excluding carboxylic acids is 2. The lowest BCUT2D eigenvalue weighted by molar-refractivity contribution is -0.341. The Morgan fingerprint density at radius 1 is 0.562 bits per heavy atom. The van der Waals surface area contributed by atoms with E-state index in [0.29, 0.717) is 12.8 Å². The Hall–Kier alpha value is -3.90. The zero-order valence-corrected chi connectivity index (χ0v) is 37.4. The largest absolute Gasteiger partial charge is 0.388 e. The molecule has 0 bridgehead atoms. The van der Waals surface area contributed by atoms with Gasteiger partial charge < -0.3 is 58.7 Å². The smallest absolute Gasteiger partial charge is 0.220 e. The Labute approximate surface area is 378 Å². The fraction of sp³-hybridized carbons (Fsp3) is 0.640. The summed E-state index contributed by atoms with van der Waals surface area (Å²) in [5.74, 6) is 12.0. The predicted molar refractivity (Wildman–Crippen MR) is 237 cm³/mol. The van der Waals surface area contributed by atoms with Gasteiger partial charge in [0.2, 0.25) is 11.8 Å². The number of rotatable bonds is 22. The van der Waals surface area contributed by atoms with E-state index in [2.05, 4.69) is 34.3 Å². The molecule has 0 spiro atoms. The Morgan fingerprint density at radius 3 is 1.33 bits per heavy atom. The highest BCUT2D eigenvalue weighted by molar-refractivity contribution is 5.76. The summed E-state index contributed by atoms with van der Waals surface area (Å²) < 4.78 is 46.8. The molecular formula is C50H68N2O12. The van der Waals surface area contributed by atoms with Gasteiger partial charge >= 0.3 is 0 Å². The molecule has 6 rings (SSSR count). The van der Waals surface area contributed by atoms with Gasteiger partial charge in [0.25, 0.3) is 0 Å². The minimum Gasteiger partial charge on any atom is -0.388 e. The number of unbranched alkanes of at least 4 members (excludes halogenated alkanes) is 12. The van der Waals surface area contributed by atoms with Crippen molar-refractivity contribution in [2.24, 2.45) is 0 Å².